The Hall–Kier alpha value is -2.45. The molecule has 2 N–H and O–H groups in total. The van der Waals surface area contributed by atoms with Crippen LogP contribution in [0.15, 0.2) is 85.0 Å². The van der Waals surface area contributed by atoms with Gasteiger partial charge in [0.2, 0.25) is 0 Å². The van der Waals surface area contributed by atoms with E-state index in [2.05, 4.69) is 59.7 Å². The van der Waals surface area contributed by atoms with Crippen molar-refractivity contribution in [3.63, 3.8) is 0 Å². The number of benzene rings is 2. The lowest BCUT2D eigenvalue weighted by Crippen LogP contribution is -2.14. The van der Waals surface area contributed by atoms with Crippen LogP contribution in [0.2, 0.25) is 5.02 Å². The molecule has 2 aromatic rings. The van der Waals surface area contributed by atoms with Crippen molar-refractivity contribution in [1.82, 2.24) is 0 Å². The first-order valence-corrected chi connectivity index (χ1v) is 9.42. The van der Waals surface area contributed by atoms with Crippen molar-refractivity contribution < 1.29 is 0 Å². The summed E-state index contributed by atoms with van der Waals surface area (Å²) in [5, 5.41) is 7.87. The average Bonchev–Trinajstić information content (AvgIpc) is 2.68. The highest BCUT2D eigenvalue weighted by atomic mass is 35.5. The minimum Gasteiger partial charge on any atom is -0.383 e. The Bertz CT molecular complexity index is 790. The van der Waals surface area contributed by atoms with E-state index < -0.39 is 0 Å². The van der Waals surface area contributed by atoms with Gasteiger partial charge in [0.25, 0.3) is 0 Å². The standard InChI is InChI=1S/C23H25ClN2/c1-2-5-18-8-10-19(11-9-18)16-25-22-6-3-4-7-23(22)26-17-20-12-14-21(24)15-13-20/h2-4,6-10,12-15,19,25-26H,1,5,11,16-17H2. The van der Waals surface area contributed by atoms with Crippen LogP contribution in [0.3, 0.4) is 0 Å². The smallest absolute Gasteiger partial charge is 0.0578 e. The molecule has 134 valence electrons. The van der Waals surface area contributed by atoms with E-state index in [4.69, 9.17) is 11.6 Å². The number of halogens is 1. The Balaban J connectivity index is 1.55. The van der Waals surface area contributed by atoms with Crippen LogP contribution < -0.4 is 10.6 Å². The summed E-state index contributed by atoms with van der Waals surface area (Å²) in [5.41, 5.74) is 4.82. The predicted octanol–water partition coefficient (Wildman–Crippen LogP) is 6.44. The summed E-state index contributed by atoms with van der Waals surface area (Å²) in [4.78, 5) is 0. The van der Waals surface area contributed by atoms with Crippen LogP contribution in [0.5, 0.6) is 0 Å². The summed E-state index contributed by atoms with van der Waals surface area (Å²) in [6.07, 6.45) is 10.8. The molecular formula is C23H25ClN2. The number of hydrogen-bond donors (Lipinski definition) is 2. The van der Waals surface area contributed by atoms with E-state index in [9.17, 15) is 0 Å². The van der Waals surface area contributed by atoms with Gasteiger partial charge in [-0.3, -0.25) is 0 Å². The summed E-state index contributed by atoms with van der Waals surface area (Å²) in [6.45, 7) is 5.50. The molecule has 0 bridgehead atoms. The molecule has 2 nitrogen and oxygen atoms in total. The normalized spacial score (nSPS) is 16.0. The van der Waals surface area contributed by atoms with Gasteiger partial charge < -0.3 is 10.6 Å². The Morgan fingerprint density at radius 1 is 1.04 bits per heavy atom. The minimum absolute atomic E-state index is 0.521. The number of allylic oxidation sites excluding steroid dienone is 4. The summed E-state index contributed by atoms with van der Waals surface area (Å²) in [5.74, 6) is 0.521. The van der Waals surface area contributed by atoms with E-state index in [0.717, 1.165) is 42.3 Å². The molecule has 26 heavy (non-hydrogen) atoms. The highest BCUT2D eigenvalue weighted by Crippen LogP contribution is 2.24. The van der Waals surface area contributed by atoms with E-state index in [0.29, 0.717) is 5.92 Å². The highest BCUT2D eigenvalue weighted by molar-refractivity contribution is 6.30. The summed E-state index contributed by atoms with van der Waals surface area (Å²) < 4.78 is 0. The molecule has 3 heteroatoms. The topological polar surface area (TPSA) is 24.1 Å². The lowest BCUT2D eigenvalue weighted by molar-refractivity contribution is 0.686. The third kappa shape index (κ3) is 5.27. The molecule has 0 fully saturated rings. The maximum absolute atomic E-state index is 5.95. The zero-order valence-corrected chi connectivity index (χ0v) is 15.7. The summed E-state index contributed by atoms with van der Waals surface area (Å²) >= 11 is 5.95. The fourth-order valence-electron chi connectivity index (χ4n) is 3.01. The number of para-hydroxylation sites is 2. The van der Waals surface area contributed by atoms with Crippen LogP contribution in [0.25, 0.3) is 0 Å². The first-order chi connectivity index (χ1) is 12.7. The van der Waals surface area contributed by atoms with E-state index in [1.807, 2.05) is 30.3 Å². The first-order valence-electron chi connectivity index (χ1n) is 9.04. The monoisotopic (exact) mass is 364 g/mol. The molecule has 0 saturated carbocycles. The highest BCUT2D eigenvalue weighted by Gasteiger charge is 2.09. The number of anilines is 2. The SMILES string of the molecule is C=CCC1=CCC(CNc2ccccc2NCc2ccc(Cl)cc2)C=C1. The van der Waals surface area contributed by atoms with E-state index >= 15 is 0 Å². The zero-order chi connectivity index (χ0) is 18.2. The second-order valence-corrected chi connectivity index (χ2v) is 6.97. The van der Waals surface area contributed by atoms with Crippen LogP contribution >= 0.6 is 11.6 Å². The van der Waals surface area contributed by atoms with Gasteiger partial charge in [-0.2, -0.15) is 0 Å². The van der Waals surface area contributed by atoms with Crippen LogP contribution in [-0.2, 0) is 6.54 Å². The minimum atomic E-state index is 0.521. The summed E-state index contributed by atoms with van der Waals surface area (Å²) in [6, 6.07) is 16.3. The lowest BCUT2D eigenvalue weighted by atomic mass is 9.95. The van der Waals surface area contributed by atoms with E-state index in [1.54, 1.807) is 0 Å². The maximum Gasteiger partial charge on any atom is 0.0578 e. The summed E-state index contributed by atoms with van der Waals surface area (Å²) in [7, 11) is 0. The van der Waals surface area contributed by atoms with Gasteiger partial charge in [-0.05, 0) is 54.2 Å². The molecule has 1 aliphatic rings. The van der Waals surface area contributed by atoms with E-state index in [-0.39, 0.29) is 0 Å². The Labute approximate surface area is 161 Å². The van der Waals surface area contributed by atoms with Crippen molar-refractivity contribution in [3.05, 3.63) is 95.6 Å². The molecule has 0 spiro atoms. The molecule has 0 aromatic heterocycles. The van der Waals surface area contributed by atoms with Crippen molar-refractivity contribution in [1.29, 1.82) is 0 Å². The van der Waals surface area contributed by atoms with Crippen LogP contribution in [0.4, 0.5) is 11.4 Å². The molecule has 3 rings (SSSR count). The second kappa shape index (κ2) is 9.30. The van der Waals surface area contributed by atoms with Crippen LogP contribution in [0.1, 0.15) is 18.4 Å². The third-order valence-corrected chi connectivity index (χ3v) is 4.78. The molecule has 0 aliphatic heterocycles. The van der Waals surface area contributed by atoms with Gasteiger partial charge >= 0.3 is 0 Å². The molecule has 0 heterocycles. The largest absolute Gasteiger partial charge is 0.383 e. The first kappa shape index (κ1) is 18.3. The average molecular weight is 365 g/mol. The zero-order valence-electron chi connectivity index (χ0n) is 14.9. The van der Waals surface area contributed by atoms with Crippen molar-refractivity contribution in [2.45, 2.75) is 19.4 Å². The molecule has 1 atom stereocenters. The van der Waals surface area contributed by atoms with Crippen LogP contribution in [-0.4, -0.2) is 6.54 Å². The quantitative estimate of drug-likeness (QED) is 0.526. The van der Waals surface area contributed by atoms with Gasteiger partial charge in [0.05, 0.1) is 11.4 Å². The van der Waals surface area contributed by atoms with Gasteiger partial charge in [0.15, 0.2) is 0 Å². The fourth-order valence-corrected chi connectivity index (χ4v) is 3.14. The molecule has 1 unspecified atom stereocenters. The number of hydrogen-bond acceptors (Lipinski definition) is 2. The fraction of sp³-hybridized carbons (Fsp3) is 0.217. The Morgan fingerprint density at radius 2 is 1.77 bits per heavy atom. The molecule has 2 aromatic carbocycles. The molecule has 0 saturated heterocycles. The van der Waals surface area contributed by atoms with Crippen molar-refractivity contribution in [3.8, 4) is 0 Å². The molecular weight excluding hydrogens is 340 g/mol. The second-order valence-electron chi connectivity index (χ2n) is 6.53. The lowest BCUT2D eigenvalue weighted by Gasteiger charge is -2.19. The Morgan fingerprint density at radius 3 is 2.42 bits per heavy atom. The Kier molecular flexibility index (Phi) is 6.56. The molecule has 0 amide bonds. The van der Waals surface area contributed by atoms with Crippen LogP contribution in [0, 0.1) is 5.92 Å². The number of rotatable bonds is 8. The van der Waals surface area contributed by atoms with Gasteiger partial charge in [0.1, 0.15) is 0 Å². The van der Waals surface area contributed by atoms with Gasteiger partial charge in [-0.15, -0.1) is 6.58 Å². The van der Waals surface area contributed by atoms with Crippen molar-refractivity contribution in [2.75, 3.05) is 17.2 Å². The van der Waals surface area contributed by atoms with Gasteiger partial charge in [-0.25, -0.2) is 0 Å². The van der Waals surface area contributed by atoms with Gasteiger partial charge in [0, 0.05) is 18.1 Å². The number of nitrogens with one attached hydrogen (secondary N) is 2. The molecule has 1 aliphatic carbocycles. The predicted molar refractivity (Wildman–Crippen MR) is 114 cm³/mol. The maximum atomic E-state index is 5.95. The third-order valence-electron chi connectivity index (χ3n) is 4.52. The van der Waals surface area contributed by atoms with Gasteiger partial charge in [-0.1, -0.05) is 60.2 Å². The molecule has 0 radical (unpaired) electrons. The van der Waals surface area contributed by atoms with Crippen molar-refractivity contribution in [2.24, 2.45) is 5.92 Å². The van der Waals surface area contributed by atoms with E-state index in [1.165, 1.54) is 11.1 Å². The van der Waals surface area contributed by atoms with Crippen molar-refractivity contribution >= 4 is 23.0 Å².